The zero-order valence-electron chi connectivity index (χ0n) is 15.3. The monoisotopic (exact) mass is 335 g/mol. The van der Waals surface area contributed by atoms with Crippen molar-refractivity contribution in [3.05, 3.63) is 30.2 Å². The fourth-order valence-corrected chi connectivity index (χ4v) is 5.27. The Labute approximate surface area is 147 Å². The highest BCUT2D eigenvalue weighted by Gasteiger charge is 2.56. The molecule has 3 fully saturated rings. The summed E-state index contributed by atoms with van der Waals surface area (Å²) in [4.78, 5) is 9.35. The van der Waals surface area contributed by atoms with Gasteiger partial charge in [0.15, 0.2) is 11.3 Å². The minimum Gasteiger partial charge on any atom is -0.365 e. The molecule has 0 unspecified atom stereocenters. The molecule has 3 heterocycles. The van der Waals surface area contributed by atoms with Gasteiger partial charge in [-0.3, -0.25) is 0 Å². The van der Waals surface area contributed by atoms with Gasteiger partial charge in [-0.1, -0.05) is 26.8 Å². The van der Waals surface area contributed by atoms with Crippen LogP contribution in [0.4, 0.5) is 5.82 Å². The van der Waals surface area contributed by atoms with Crippen molar-refractivity contribution in [3.8, 4) is 0 Å². The van der Waals surface area contributed by atoms with Crippen LogP contribution in [0.25, 0.3) is 16.6 Å². The summed E-state index contributed by atoms with van der Waals surface area (Å²) in [5.74, 6) is 3.97. The van der Waals surface area contributed by atoms with E-state index >= 15 is 0 Å². The molecule has 0 aliphatic heterocycles. The molecule has 0 aromatic carbocycles. The summed E-state index contributed by atoms with van der Waals surface area (Å²) in [5.41, 5.74) is 3.34. The molecule has 25 heavy (non-hydrogen) atoms. The SMILES string of the molecule is Cc1nc(N[C@@H]2C[C@@H]3C[C@H]([C@H]2C)C3(C)C)c2nn3ccccc3c2n1. The van der Waals surface area contributed by atoms with E-state index in [0.717, 1.165) is 40.0 Å². The van der Waals surface area contributed by atoms with Gasteiger partial charge in [0, 0.05) is 12.2 Å². The number of anilines is 1. The number of pyridine rings is 1. The number of aryl methyl sites for hydroxylation is 1. The molecule has 6 rings (SSSR count). The van der Waals surface area contributed by atoms with Gasteiger partial charge in [0.05, 0.1) is 5.52 Å². The zero-order chi connectivity index (χ0) is 17.3. The first kappa shape index (κ1) is 15.1. The minimum atomic E-state index is 0.471. The second kappa shape index (κ2) is 4.93. The normalized spacial score (nSPS) is 30.4. The van der Waals surface area contributed by atoms with E-state index in [1.54, 1.807) is 0 Å². The van der Waals surface area contributed by atoms with E-state index in [1.165, 1.54) is 12.8 Å². The number of aromatic nitrogens is 4. The molecule has 5 heteroatoms. The molecule has 4 atom stereocenters. The van der Waals surface area contributed by atoms with Crippen LogP contribution in [0.5, 0.6) is 0 Å². The Balaban J connectivity index is 1.55. The lowest BCUT2D eigenvalue weighted by Gasteiger charge is -2.62. The van der Waals surface area contributed by atoms with Crippen LogP contribution in [0.15, 0.2) is 24.4 Å². The van der Waals surface area contributed by atoms with Crippen LogP contribution in [0.1, 0.15) is 39.4 Å². The molecule has 0 spiro atoms. The molecule has 3 aliphatic carbocycles. The topological polar surface area (TPSA) is 55.1 Å². The average molecular weight is 335 g/mol. The summed E-state index contributed by atoms with van der Waals surface area (Å²) < 4.78 is 1.90. The second-order valence-corrected chi connectivity index (χ2v) is 8.55. The number of nitrogens with zero attached hydrogens (tertiary/aromatic N) is 4. The molecule has 3 aromatic heterocycles. The van der Waals surface area contributed by atoms with E-state index in [-0.39, 0.29) is 0 Å². The van der Waals surface area contributed by atoms with Crippen molar-refractivity contribution in [2.75, 3.05) is 5.32 Å². The van der Waals surface area contributed by atoms with Crippen LogP contribution in [-0.4, -0.2) is 25.6 Å². The highest BCUT2D eigenvalue weighted by Crippen LogP contribution is 2.61. The van der Waals surface area contributed by atoms with Crippen molar-refractivity contribution in [2.45, 2.75) is 46.6 Å². The zero-order valence-corrected chi connectivity index (χ0v) is 15.3. The number of rotatable bonds is 2. The van der Waals surface area contributed by atoms with Crippen LogP contribution in [0.3, 0.4) is 0 Å². The van der Waals surface area contributed by atoms with Crippen molar-refractivity contribution < 1.29 is 0 Å². The molecular weight excluding hydrogens is 310 g/mol. The Hall–Kier alpha value is -2.17. The van der Waals surface area contributed by atoms with E-state index in [0.29, 0.717) is 17.4 Å². The maximum atomic E-state index is 4.73. The lowest BCUT2D eigenvalue weighted by Crippen LogP contribution is -2.58. The molecule has 0 saturated heterocycles. The number of hydrogen-bond donors (Lipinski definition) is 1. The third kappa shape index (κ3) is 2.04. The van der Waals surface area contributed by atoms with Gasteiger partial charge in [0.2, 0.25) is 0 Å². The molecule has 3 saturated carbocycles. The Morgan fingerprint density at radius 3 is 2.76 bits per heavy atom. The lowest BCUT2D eigenvalue weighted by atomic mass is 9.45. The van der Waals surface area contributed by atoms with Crippen molar-refractivity contribution in [1.29, 1.82) is 0 Å². The first-order chi connectivity index (χ1) is 11.9. The molecule has 0 radical (unpaired) electrons. The van der Waals surface area contributed by atoms with Gasteiger partial charge in [-0.25, -0.2) is 14.5 Å². The van der Waals surface area contributed by atoms with Crippen molar-refractivity contribution >= 4 is 22.4 Å². The van der Waals surface area contributed by atoms with E-state index in [9.17, 15) is 0 Å². The summed E-state index contributed by atoms with van der Waals surface area (Å²) >= 11 is 0. The minimum absolute atomic E-state index is 0.471. The van der Waals surface area contributed by atoms with Crippen molar-refractivity contribution in [1.82, 2.24) is 19.6 Å². The van der Waals surface area contributed by atoms with E-state index in [1.807, 2.05) is 29.8 Å². The molecular formula is C20H25N5. The predicted molar refractivity (Wildman–Crippen MR) is 99.6 cm³/mol. The maximum absolute atomic E-state index is 4.73. The Bertz CT molecular complexity index is 973. The van der Waals surface area contributed by atoms with Crippen LogP contribution in [-0.2, 0) is 0 Å². The second-order valence-electron chi connectivity index (χ2n) is 8.55. The molecule has 0 amide bonds. The first-order valence-electron chi connectivity index (χ1n) is 9.33. The van der Waals surface area contributed by atoms with Gasteiger partial charge in [0.1, 0.15) is 11.3 Å². The van der Waals surface area contributed by atoms with Gasteiger partial charge >= 0.3 is 0 Å². The Morgan fingerprint density at radius 2 is 2.00 bits per heavy atom. The van der Waals surface area contributed by atoms with Crippen LogP contribution < -0.4 is 5.32 Å². The van der Waals surface area contributed by atoms with Gasteiger partial charge in [-0.15, -0.1) is 0 Å². The van der Waals surface area contributed by atoms with Gasteiger partial charge < -0.3 is 5.32 Å². The fraction of sp³-hybridized carbons (Fsp3) is 0.550. The van der Waals surface area contributed by atoms with Crippen molar-refractivity contribution in [2.24, 2.45) is 23.2 Å². The van der Waals surface area contributed by atoms with E-state index in [2.05, 4.69) is 37.1 Å². The van der Waals surface area contributed by atoms with E-state index < -0.39 is 0 Å². The Morgan fingerprint density at radius 1 is 1.16 bits per heavy atom. The first-order valence-corrected chi connectivity index (χ1v) is 9.33. The number of nitrogens with one attached hydrogen (secondary N) is 1. The molecule has 1 N–H and O–H groups in total. The van der Waals surface area contributed by atoms with E-state index in [4.69, 9.17) is 10.1 Å². The quantitative estimate of drug-likeness (QED) is 0.767. The molecule has 130 valence electrons. The largest absolute Gasteiger partial charge is 0.365 e. The van der Waals surface area contributed by atoms with Crippen molar-refractivity contribution in [3.63, 3.8) is 0 Å². The fourth-order valence-electron chi connectivity index (χ4n) is 5.27. The van der Waals surface area contributed by atoms with Gasteiger partial charge in [0.25, 0.3) is 0 Å². The van der Waals surface area contributed by atoms with Gasteiger partial charge in [-0.2, -0.15) is 5.10 Å². The lowest BCUT2D eigenvalue weighted by molar-refractivity contribution is -0.105. The summed E-state index contributed by atoms with van der Waals surface area (Å²) in [5, 5.41) is 8.48. The summed E-state index contributed by atoms with van der Waals surface area (Å²) in [6.45, 7) is 9.23. The number of hydrogen-bond acceptors (Lipinski definition) is 4. The molecule has 3 aliphatic rings. The third-order valence-corrected chi connectivity index (χ3v) is 6.96. The third-order valence-electron chi connectivity index (χ3n) is 6.96. The summed E-state index contributed by atoms with van der Waals surface area (Å²) in [6, 6.07) is 6.55. The van der Waals surface area contributed by atoms with Crippen LogP contribution >= 0.6 is 0 Å². The summed E-state index contributed by atoms with van der Waals surface area (Å²) in [7, 11) is 0. The van der Waals surface area contributed by atoms with Gasteiger partial charge in [-0.05, 0) is 55.1 Å². The molecule has 2 bridgehead atoms. The van der Waals surface area contributed by atoms with Crippen LogP contribution in [0.2, 0.25) is 0 Å². The molecule has 5 nitrogen and oxygen atoms in total. The maximum Gasteiger partial charge on any atom is 0.158 e. The predicted octanol–water partition coefficient (Wildman–Crippen LogP) is 4.07. The Kier molecular flexibility index (Phi) is 2.98. The highest BCUT2D eigenvalue weighted by molar-refractivity contribution is 5.96. The molecule has 3 aromatic rings. The standard InChI is InChI=1S/C20H25N5/c1-11-14-9-13(20(14,3)4)10-15(11)23-19-18-17(21-12(2)22-19)16-7-5-6-8-25(16)24-18/h5-8,11,13-15H,9-10H2,1-4H3,(H,21,22,23)/t11-,13+,14-,15-/m1/s1. The highest BCUT2D eigenvalue weighted by atomic mass is 15.2. The smallest absolute Gasteiger partial charge is 0.158 e. The summed E-state index contributed by atoms with van der Waals surface area (Å²) in [6.07, 6.45) is 4.58. The number of fused-ring (bicyclic) bond motifs is 5. The van der Waals surface area contributed by atoms with Crippen LogP contribution in [0, 0.1) is 30.1 Å². The average Bonchev–Trinajstić information content (AvgIpc) is 2.95.